The van der Waals surface area contributed by atoms with Crippen molar-refractivity contribution in [1.82, 2.24) is 0 Å². The standard InChI is InChI=1S/C63H54BN3O/c1-39-13-24-45(25-14-39)65(46-26-15-40(2)16-27-46)50-36-56-61-57(37-50)68-58-38-55(66(47-28-17-41(3)18-29-47)48-30-19-42(4)20-31-48)60-59(51-11-9-10-12-52(51)63(60,7)8)62(58)64(61)53-35-44(6)23-34-54(53)67(56)49-32-21-43(5)22-33-49/h9-38H,1-8H3. The van der Waals surface area contributed by atoms with Crippen molar-refractivity contribution in [1.29, 1.82) is 0 Å². The minimum Gasteiger partial charge on any atom is -0.458 e. The lowest BCUT2D eigenvalue weighted by Crippen LogP contribution is -2.60. The van der Waals surface area contributed by atoms with Gasteiger partial charge in [0.25, 0.3) is 6.71 Å². The molecule has 330 valence electrons. The topological polar surface area (TPSA) is 19.0 Å². The van der Waals surface area contributed by atoms with E-state index in [2.05, 4.69) is 252 Å². The van der Waals surface area contributed by atoms with Gasteiger partial charge in [-0.15, -0.1) is 0 Å². The molecule has 12 rings (SSSR count). The predicted octanol–water partition coefficient (Wildman–Crippen LogP) is 15.2. The van der Waals surface area contributed by atoms with Gasteiger partial charge in [-0.25, -0.2) is 0 Å². The lowest BCUT2D eigenvalue weighted by molar-refractivity contribution is 0.487. The summed E-state index contributed by atoms with van der Waals surface area (Å²) >= 11 is 0. The average molecular weight is 880 g/mol. The number of anilines is 9. The summed E-state index contributed by atoms with van der Waals surface area (Å²) in [6.45, 7) is 17.7. The van der Waals surface area contributed by atoms with Gasteiger partial charge in [-0.05, 0) is 153 Å². The highest BCUT2D eigenvalue weighted by Crippen LogP contribution is 2.57. The van der Waals surface area contributed by atoms with Crippen LogP contribution in [0.4, 0.5) is 51.2 Å². The second-order valence-corrected chi connectivity index (χ2v) is 19.9. The fourth-order valence-corrected chi connectivity index (χ4v) is 11.2. The van der Waals surface area contributed by atoms with Crippen LogP contribution in [0.25, 0.3) is 11.1 Å². The number of rotatable bonds is 7. The van der Waals surface area contributed by atoms with Gasteiger partial charge in [0, 0.05) is 57.4 Å². The van der Waals surface area contributed by atoms with Gasteiger partial charge in [0.1, 0.15) is 11.5 Å². The molecule has 0 spiro atoms. The normalized spacial score (nSPS) is 13.5. The first-order chi connectivity index (χ1) is 32.9. The van der Waals surface area contributed by atoms with Crippen LogP contribution in [-0.4, -0.2) is 6.71 Å². The highest BCUT2D eigenvalue weighted by molar-refractivity contribution is 7.00. The molecule has 0 bridgehead atoms. The zero-order valence-corrected chi connectivity index (χ0v) is 40.1. The summed E-state index contributed by atoms with van der Waals surface area (Å²) < 4.78 is 7.70. The number of nitrogens with zero attached hydrogens (tertiary/aromatic N) is 3. The van der Waals surface area contributed by atoms with Gasteiger partial charge in [0.2, 0.25) is 0 Å². The van der Waals surface area contributed by atoms with Crippen LogP contribution in [0.3, 0.4) is 0 Å². The summed E-state index contributed by atoms with van der Waals surface area (Å²) in [6, 6.07) is 67.9. The summed E-state index contributed by atoms with van der Waals surface area (Å²) in [4.78, 5) is 7.32. The smallest absolute Gasteiger partial charge is 0.257 e. The molecule has 9 aromatic rings. The van der Waals surface area contributed by atoms with Crippen molar-refractivity contribution >= 4 is 74.3 Å². The summed E-state index contributed by atoms with van der Waals surface area (Å²) in [6.07, 6.45) is 0. The Balaban J connectivity index is 1.20. The summed E-state index contributed by atoms with van der Waals surface area (Å²) in [5.41, 5.74) is 25.8. The first kappa shape index (κ1) is 41.7. The van der Waals surface area contributed by atoms with Crippen LogP contribution < -0.4 is 35.8 Å². The van der Waals surface area contributed by atoms with Crippen LogP contribution in [0.5, 0.6) is 11.5 Å². The molecule has 0 atom stereocenters. The molecule has 5 heteroatoms. The maximum atomic E-state index is 7.70. The monoisotopic (exact) mass is 879 g/mol. The third-order valence-electron chi connectivity index (χ3n) is 14.6. The van der Waals surface area contributed by atoms with Crippen LogP contribution in [0.15, 0.2) is 182 Å². The molecule has 1 aliphatic carbocycles. The van der Waals surface area contributed by atoms with Crippen LogP contribution in [0.1, 0.15) is 58.4 Å². The van der Waals surface area contributed by atoms with E-state index in [0.717, 1.165) is 57.0 Å². The predicted molar refractivity (Wildman–Crippen MR) is 288 cm³/mol. The third kappa shape index (κ3) is 6.59. The molecule has 4 nitrogen and oxygen atoms in total. The number of aryl methyl sites for hydroxylation is 6. The van der Waals surface area contributed by atoms with Gasteiger partial charge in [0.15, 0.2) is 0 Å². The number of benzene rings is 9. The van der Waals surface area contributed by atoms with E-state index in [-0.39, 0.29) is 12.1 Å². The van der Waals surface area contributed by atoms with Crippen molar-refractivity contribution in [2.24, 2.45) is 0 Å². The van der Waals surface area contributed by atoms with E-state index in [9.17, 15) is 0 Å². The Kier molecular flexibility index (Phi) is 9.60. The summed E-state index contributed by atoms with van der Waals surface area (Å²) in [7, 11) is 0. The van der Waals surface area contributed by atoms with Gasteiger partial charge >= 0.3 is 0 Å². The second kappa shape index (κ2) is 15.7. The van der Waals surface area contributed by atoms with Crippen LogP contribution >= 0.6 is 0 Å². The maximum absolute atomic E-state index is 7.70. The van der Waals surface area contributed by atoms with Gasteiger partial charge in [-0.3, -0.25) is 0 Å². The molecular formula is C63H54BN3O. The molecule has 0 saturated carbocycles. The number of hydrogen-bond acceptors (Lipinski definition) is 4. The van der Waals surface area contributed by atoms with Crippen molar-refractivity contribution in [3.8, 4) is 22.6 Å². The van der Waals surface area contributed by atoms with Crippen molar-refractivity contribution in [3.63, 3.8) is 0 Å². The molecule has 3 aliphatic rings. The molecule has 0 unspecified atom stereocenters. The Morgan fingerprint density at radius 1 is 0.441 bits per heavy atom. The zero-order chi connectivity index (χ0) is 46.6. The number of hydrogen-bond donors (Lipinski definition) is 0. The molecular weight excluding hydrogens is 826 g/mol. The van der Waals surface area contributed by atoms with Gasteiger partial charge < -0.3 is 19.4 Å². The van der Waals surface area contributed by atoms with Gasteiger partial charge in [0.05, 0.1) is 11.4 Å². The molecule has 0 N–H and O–H groups in total. The van der Waals surface area contributed by atoms with E-state index in [1.165, 1.54) is 77.7 Å². The molecule has 0 fully saturated rings. The van der Waals surface area contributed by atoms with Gasteiger partial charge in [-0.2, -0.15) is 0 Å². The molecule has 0 amide bonds. The zero-order valence-electron chi connectivity index (χ0n) is 40.1. The summed E-state index contributed by atoms with van der Waals surface area (Å²) in [5.74, 6) is 1.74. The van der Waals surface area contributed by atoms with Crippen molar-refractivity contribution in [2.75, 3.05) is 14.7 Å². The van der Waals surface area contributed by atoms with E-state index >= 15 is 0 Å². The van der Waals surface area contributed by atoms with Crippen molar-refractivity contribution in [2.45, 2.75) is 60.8 Å². The van der Waals surface area contributed by atoms with Crippen LogP contribution in [0, 0.1) is 41.5 Å². The Morgan fingerprint density at radius 3 is 1.49 bits per heavy atom. The minimum atomic E-state index is -0.336. The van der Waals surface area contributed by atoms with Crippen molar-refractivity contribution in [3.05, 3.63) is 226 Å². The Bertz CT molecular complexity index is 3360. The molecule has 2 aliphatic heterocycles. The Morgan fingerprint density at radius 2 is 0.926 bits per heavy atom. The SMILES string of the molecule is Cc1ccc(N(c2ccc(C)cc2)c2cc3c4c(c2)N(c2ccc(C)cc2)c2ccc(C)cc2B4c2c(cc(N(c4ccc(C)cc4)c4ccc(C)cc4)c4c2-c2ccccc2C4(C)C)O3)cc1. The van der Waals surface area contributed by atoms with E-state index in [1.54, 1.807) is 0 Å². The first-order valence-corrected chi connectivity index (χ1v) is 23.9. The van der Waals surface area contributed by atoms with E-state index in [4.69, 9.17) is 4.74 Å². The fraction of sp³-hybridized carbons (Fsp3) is 0.143. The van der Waals surface area contributed by atoms with Crippen LogP contribution in [0.2, 0.25) is 0 Å². The Labute approximate surface area is 401 Å². The largest absolute Gasteiger partial charge is 0.458 e. The number of fused-ring (bicyclic) bond motifs is 8. The summed E-state index contributed by atoms with van der Waals surface area (Å²) in [5, 5.41) is 0. The minimum absolute atomic E-state index is 0.126. The highest BCUT2D eigenvalue weighted by atomic mass is 16.5. The molecule has 0 aromatic heterocycles. The molecule has 9 aromatic carbocycles. The van der Waals surface area contributed by atoms with E-state index in [1.807, 2.05) is 0 Å². The Hall–Kier alpha value is -7.76. The first-order valence-electron chi connectivity index (χ1n) is 23.9. The molecule has 0 saturated heterocycles. The van der Waals surface area contributed by atoms with Gasteiger partial charge in [-0.1, -0.05) is 144 Å². The van der Waals surface area contributed by atoms with E-state index < -0.39 is 0 Å². The highest BCUT2D eigenvalue weighted by Gasteiger charge is 2.49. The molecule has 0 radical (unpaired) electrons. The quantitative estimate of drug-likeness (QED) is 0.148. The lowest BCUT2D eigenvalue weighted by atomic mass is 9.33. The van der Waals surface area contributed by atoms with Crippen LogP contribution in [-0.2, 0) is 5.41 Å². The molecule has 2 heterocycles. The second-order valence-electron chi connectivity index (χ2n) is 19.9. The maximum Gasteiger partial charge on any atom is 0.257 e. The lowest BCUT2D eigenvalue weighted by Gasteiger charge is -2.42. The van der Waals surface area contributed by atoms with E-state index in [0.29, 0.717) is 0 Å². The third-order valence-corrected chi connectivity index (χ3v) is 14.6. The number of ether oxygens (including phenoxy) is 1. The fourth-order valence-electron chi connectivity index (χ4n) is 11.2. The molecule has 68 heavy (non-hydrogen) atoms. The average Bonchev–Trinajstić information content (AvgIpc) is 3.58. The van der Waals surface area contributed by atoms with Crippen molar-refractivity contribution < 1.29 is 4.74 Å².